The molecule has 3 nitrogen and oxygen atoms in total. The van der Waals surface area contributed by atoms with Gasteiger partial charge < -0.3 is 14.9 Å². The fourth-order valence-corrected chi connectivity index (χ4v) is 2.09. The number of aryl methyl sites for hydroxylation is 1. The van der Waals surface area contributed by atoms with E-state index in [1.54, 1.807) is 0 Å². The van der Waals surface area contributed by atoms with Crippen molar-refractivity contribution >= 4 is 11.6 Å². The molecular formula is C12H15ClO3. The lowest BCUT2D eigenvalue weighted by Gasteiger charge is -2.13. The van der Waals surface area contributed by atoms with E-state index in [4.69, 9.17) is 21.4 Å². The molecular weight excluding hydrogens is 228 g/mol. The van der Waals surface area contributed by atoms with Gasteiger partial charge in [0.05, 0.1) is 18.8 Å². The van der Waals surface area contributed by atoms with Gasteiger partial charge in [0.1, 0.15) is 6.10 Å². The average molecular weight is 243 g/mol. The Bertz CT molecular complexity index is 381. The van der Waals surface area contributed by atoms with Gasteiger partial charge in [0, 0.05) is 11.4 Å². The molecule has 0 saturated carbocycles. The van der Waals surface area contributed by atoms with E-state index in [-0.39, 0.29) is 12.7 Å². The molecule has 0 unspecified atom stereocenters. The van der Waals surface area contributed by atoms with E-state index in [1.807, 2.05) is 25.1 Å². The third-order valence-electron chi connectivity index (χ3n) is 2.96. The molecule has 0 aromatic heterocycles. The lowest BCUT2D eigenvalue weighted by atomic mass is 10.0. The van der Waals surface area contributed by atoms with Crippen LogP contribution in [0.1, 0.15) is 23.7 Å². The third kappa shape index (κ3) is 2.23. The zero-order chi connectivity index (χ0) is 11.7. The SMILES string of the molecule is Cc1cc([C@H]2C[C@H](O)[C@@H](CO)O2)ccc1Cl. The highest BCUT2D eigenvalue weighted by Gasteiger charge is 2.34. The van der Waals surface area contributed by atoms with Crippen LogP contribution >= 0.6 is 11.6 Å². The Labute approximate surface area is 99.6 Å². The van der Waals surface area contributed by atoms with Crippen molar-refractivity contribution < 1.29 is 14.9 Å². The van der Waals surface area contributed by atoms with E-state index in [1.165, 1.54) is 0 Å². The summed E-state index contributed by atoms with van der Waals surface area (Å²) in [6.07, 6.45) is -0.693. The van der Waals surface area contributed by atoms with Crippen molar-refractivity contribution in [2.45, 2.75) is 31.7 Å². The number of aliphatic hydroxyl groups excluding tert-OH is 2. The Balaban J connectivity index is 2.17. The summed E-state index contributed by atoms with van der Waals surface area (Å²) < 4.78 is 5.56. The van der Waals surface area contributed by atoms with Gasteiger partial charge in [-0.1, -0.05) is 23.7 Å². The molecule has 1 heterocycles. The predicted octanol–water partition coefficient (Wildman–Crippen LogP) is 1.83. The summed E-state index contributed by atoms with van der Waals surface area (Å²) in [7, 11) is 0. The van der Waals surface area contributed by atoms with Gasteiger partial charge in [0.2, 0.25) is 0 Å². The molecule has 16 heavy (non-hydrogen) atoms. The first-order valence-electron chi connectivity index (χ1n) is 5.32. The van der Waals surface area contributed by atoms with Gasteiger partial charge in [-0.15, -0.1) is 0 Å². The fourth-order valence-electron chi connectivity index (χ4n) is 1.98. The van der Waals surface area contributed by atoms with Crippen LogP contribution in [0.25, 0.3) is 0 Å². The Morgan fingerprint density at radius 1 is 1.50 bits per heavy atom. The third-order valence-corrected chi connectivity index (χ3v) is 3.38. The largest absolute Gasteiger partial charge is 0.394 e. The maximum Gasteiger partial charge on any atom is 0.107 e. The fraction of sp³-hybridized carbons (Fsp3) is 0.500. The van der Waals surface area contributed by atoms with Crippen molar-refractivity contribution in [3.63, 3.8) is 0 Å². The van der Waals surface area contributed by atoms with Crippen LogP contribution in [0.3, 0.4) is 0 Å². The number of rotatable bonds is 2. The van der Waals surface area contributed by atoms with Crippen LogP contribution in [0.15, 0.2) is 18.2 Å². The molecule has 1 aromatic carbocycles. The second-order valence-corrected chi connectivity index (χ2v) is 4.56. The Kier molecular flexibility index (Phi) is 3.50. The monoisotopic (exact) mass is 242 g/mol. The van der Waals surface area contributed by atoms with Crippen LogP contribution in [0.2, 0.25) is 5.02 Å². The smallest absolute Gasteiger partial charge is 0.107 e. The van der Waals surface area contributed by atoms with Crippen molar-refractivity contribution in [3.05, 3.63) is 34.3 Å². The average Bonchev–Trinajstić information content (AvgIpc) is 2.64. The van der Waals surface area contributed by atoms with Crippen molar-refractivity contribution in [1.82, 2.24) is 0 Å². The molecule has 2 N–H and O–H groups in total. The summed E-state index contributed by atoms with van der Waals surface area (Å²) in [6, 6.07) is 5.68. The molecule has 1 saturated heterocycles. The van der Waals surface area contributed by atoms with Crippen molar-refractivity contribution in [2.24, 2.45) is 0 Å². The molecule has 1 fully saturated rings. The number of halogens is 1. The van der Waals surface area contributed by atoms with Crippen LogP contribution < -0.4 is 0 Å². The lowest BCUT2D eigenvalue weighted by molar-refractivity contribution is -0.0225. The number of aliphatic hydroxyl groups is 2. The molecule has 1 aromatic rings. The number of hydrogen-bond donors (Lipinski definition) is 2. The normalized spacial score (nSPS) is 29.6. The molecule has 1 aliphatic rings. The van der Waals surface area contributed by atoms with Crippen LogP contribution in [0.4, 0.5) is 0 Å². The number of ether oxygens (including phenoxy) is 1. The number of benzene rings is 1. The maximum absolute atomic E-state index is 9.63. The van der Waals surface area contributed by atoms with E-state index in [0.717, 1.165) is 16.1 Å². The first-order chi connectivity index (χ1) is 7.61. The van der Waals surface area contributed by atoms with Gasteiger partial charge >= 0.3 is 0 Å². The van der Waals surface area contributed by atoms with Crippen molar-refractivity contribution in [2.75, 3.05) is 6.61 Å². The van der Waals surface area contributed by atoms with Crippen LogP contribution in [-0.4, -0.2) is 29.0 Å². The number of hydrogen-bond acceptors (Lipinski definition) is 3. The molecule has 0 spiro atoms. The van der Waals surface area contributed by atoms with Gasteiger partial charge in [-0.2, -0.15) is 0 Å². The highest BCUT2D eigenvalue weighted by atomic mass is 35.5. The molecule has 0 bridgehead atoms. The maximum atomic E-state index is 9.63. The van der Waals surface area contributed by atoms with Gasteiger partial charge in [-0.25, -0.2) is 0 Å². The van der Waals surface area contributed by atoms with Gasteiger partial charge in [0.25, 0.3) is 0 Å². The zero-order valence-electron chi connectivity index (χ0n) is 9.06. The van der Waals surface area contributed by atoms with Crippen LogP contribution in [-0.2, 0) is 4.74 Å². The second-order valence-electron chi connectivity index (χ2n) is 4.16. The standard InChI is InChI=1S/C12H15ClO3/c1-7-4-8(2-3-9(7)13)11-5-10(15)12(6-14)16-11/h2-4,10-12,14-15H,5-6H2,1H3/t10-,11+,12+/m0/s1. The molecule has 2 rings (SSSR count). The van der Waals surface area contributed by atoms with Crippen LogP contribution in [0.5, 0.6) is 0 Å². The minimum Gasteiger partial charge on any atom is -0.394 e. The van der Waals surface area contributed by atoms with E-state index in [2.05, 4.69) is 0 Å². The molecule has 0 aliphatic carbocycles. The molecule has 3 atom stereocenters. The molecule has 1 aliphatic heterocycles. The Morgan fingerprint density at radius 3 is 2.81 bits per heavy atom. The van der Waals surface area contributed by atoms with Crippen molar-refractivity contribution in [1.29, 1.82) is 0 Å². The van der Waals surface area contributed by atoms with E-state index in [0.29, 0.717) is 6.42 Å². The summed E-state index contributed by atoms with van der Waals surface area (Å²) in [5.41, 5.74) is 1.99. The second kappa shape index (κ2) is 4.72. The summed E-state index contributed by atoms with van der Waals surface area (Å²) in [5, 5.41) is 19.4. The molecule has 88 valence electrons. The zero-order valence-corrected chi connectivity index (χ0v) is 9.81. The highest BCUT2D eigenvalue weighted by Crippen LogP contribution is 2.34. The summed E-state index contributed by atoms with van der Waals surface area (Å²) >= 11 is 5.94. The molecule has 0 amide bonds. The Morgan fingerprint density at radius 2 is 2.25 bits per heavy atom. The summed E-state index contributed by atoms with van der Waals surface area (Å²) in [4.78, 5) is 0. The molecule has 0 radical (unpaired) electrons. The summed E-state index contributed by atoms with van der Waals surface area (Å²) in [5.74, 6) is 0. The van der Waals surface area contributed by atoms with Gasteiger partial charge in [-0.05, 0) is 24.1 Å². The van der Waals surface area contributed by atoms with E-state index < -0.39 is 12.2 Å². The minimum absolute atomic E-state index is 0.149. The topological polar surface area (TPSA) is 49.7 Å². The Hall–Kier alpha value is -0.610. The quantitative estimate of drug-likeness (QED) is 0.832. The van der Waals surface area contributed by atoms with Crippen molar-refractivity contribution in [3.8, 4) is 0 Å². The van der Waals surface area contributed by atoms with Crippen LogP contribution in [0, 0.1) is 6.92 Å². The lowest BCUT2D eigenvalue weighted by Crippen LogP contribution is -2.24. The highest BCUT2D eigenvalue weighted by molar-refractivity contribution is 6.31. The van der Waals surface area contributed by atoms with Gasteiger partial charge in [-0.3, -0.25) is 0 Å². The van der Waals surface area contributed by atoms with E-state index >= 15 is 0 Å². The summed E-state index contributed by atoms with van der Waals surface area (Å²) in [6.45, 7) is 1.78. The first-order valence-corrected chi connectivity index (χ1v) is 5.70. The molecule has 4 heteroatoms. The minimum atomic E-state index is -0.592. The first kappa shape index (κ1) is 11.9. The van der Waals surface area contributed by atoms with Gasteiger partial charge in [0.15, 0.2) is 0 Å². The van der Waals surface area contributed by atoms with E-state index in [9.17, 15) is 5.11 Å². The predicted molar refractivity (Wildman–Crippen MR) is 61.5 cm³/mol.